The molecule has 6 rings (SSSR count). The Morgan fingerprint density at radius 2 is 1.85 bits per heavy atom. The molecule has 2 aromatic heterocycles. The molecule has 0 saturated heterocycles. The van der Waals surface area contributed by atoms with Gasteiger partial charge in [0.15, 0.2) is 0 Å². The lowest BCUT2D eigenvalue weighted by atomic mass is 9.79. The van der Waals surface area contributed by atoms with Crippen LogP contribution in [0.25, 0.3) is 10.9 Å². The van der Waals surface area contributed by atoms with E-state index in [1.165, 1.54) is 11.6 Å². The van der Waals surface area contributed by atoms with Gasteiger partial charge >= 0.3 is 0 Å². The number of carbonyl (C=O) groups is 1. The molecular formula is C28H26FN3O. The Kier molecular flexibility index (Phi) is 4.79. The van der Waals surface area contributed by atoms with Crippen molar-refractivity contribution in [3.8, 4) is 6.07 Å². The molecule has 3 saturated carbocycles. The largest absolute Gasteiger partial charge is 0.299 e. The number of hydrogen-bond donors (Lipinski definition) is 0. The van der Waals surface area contributed by atoms with E-state index in [0.29, 0.717) is 41.4 Å². The quantitative estimate of drug-likeness (QED) is 0.507. The van der Waals surface area contributed by atoms with Crippen molar-refractivity contribution in [2.24, 2.45) is 23.2 Å². The summed E-state index contributed by atoms with van der Waals surface area (Å²) in [6.45, 7) is 0. The molecular weight excluding hydrogens is 413 g/mol. The standard InChI is InChI=1S/C28H26FN3O/c29-22-2-4-26-25(13-22)24(5-8-31-26)20-9-18-11-21(12-19(18)10-20)28(6-7-28)27(33)14-23-3-1-17(15-30)16-32-23/h1-5,8,13,16,18-21H,6-7,9-12,14H2/t18-,19+,20?,21?. The van der Waals surface area contributed by atoms with Gasteiger partial charge in [0.25, 0.3) is 0 Å². The highest BCUT2D eigenvalue weighted by molar-refractivity contribution is 5.89. The zero-order chi connectivity index (χ0) is 22.6. The van der Waals surface area contributed by atoms with Gasteiger partial charge in [-0.2, -0.15) is 5.26 Å². The third-order valence-electron chi connectivity index (χ3n) is 8.61. The second kappa shape index (κ2) is 7.73. The van der Waals surface area contributed by atoms with E-state index in [9.17, 15) is 9.18 Å². The molecule has 166 valence electrons. The zero-order valence-corrected chi connectivity index (χ0v) is 18.5. The summed E-state index contributed by atoms with van der Waals surface area (Å²) in [6.07, 6.45) is 10.3. The highest BCUT2D eigenvalue weighted by Crippen LogP contribution is 2.64. The molecule has 0 aliphatic heterocycles. The predicted octanol–water partition coefficient (Wildman–Crippen LogP) is 5.75. The first-order valence-corrected chi connectivity index (χ1v) is 12.0. The van der Waals surface area contributed by atoms with E-state index >= 15 is 0 Å². The molecule has 0 bridgehead atoms. The molecule has 5 heteroatoms. The molecule has 4 nitrogen and oxygen atoms in total. The van der Waals surface area contributed by atoms with Crippen molar-refractivity contribution >= 4 is 16.7 Å². The van der Waals surface area contributed by atoms with Crippen LogP contribution in [-0.4, -0.2) is 15.8 Å². The lowest BCUT2D eigenvalue weighted by Gasteiger charge is -2.24. The van der Waals surface area contributed by atoms with Gasteiger partial charge in [-0.1, -0.05) is 0 Å². The summed E-state index contributed by atoms with van der Waals surface area (Å²) in [5, 5.41) is 9.90. The maximum absolute atomic E-state index is 13.9. The van der Waals surface area contributed by atoms with Crippen molar-refractivity contribution < 1.29 is 9.18 Å². The molecule has 2 unspecified atom stereocenters. The van der Waals surface area contributed by atoms with Crippen LogP contribution in [0.5, 0.6) is 0 Å². The highest BCUT2D eigenvalue weighted by atomic mass is 19.1. The SMILES string of the molecule is N#Cc1ccc(CC(=O)C2(C3C[C@H]4CC(c5ccnc6ccc(F)cc56)C[C@H]4C3)CC2)nc1. The number of halogens is 1. The van der Waals surface area contributed by atoms with Gasteiger partial charge in [-0.15, -0.1) is 0 Å². The second-order valence-corrected chi connectivity index (χ2v) is 10.3. The molecule has 3 aliphatic rings. The van der Waals surface area contributed by atoms with Crippen LogP contribution in [0.15, 0.2) is 48.8 Å². The first kappa shape index (κ1) is 20.5. The van der Waals surface area contributed by atoms with Crippen molar-refractivity contribution in [2.45, 2.75) is 50.9 Å². The normalized spacial score (nSPS) is 27.3. The fraction of sp³-hybridized carbons (Fsp3) is 0.429. The third kappa shape index (κ3) is 3.53. The van der Waals surface area contributed by atoms with Gasteiger partial charge in [0.05, 0.1) is 11.1 Å². The smallest absolute Gasteiger partial charge is 0.145 e. The van der Waals surface area contributed by atoms with Gasteiger partial charge in [-0.3, -0.25) is 14.8 Å². The molecule has 4 atom stereocenters. The van der Waals surface area contributed by atoms with Crippen LogP contribution in [0.4, 0.5) is 4.39 Å². The topological polar surface area (TPSA) is 66.6 Å². The van der Waals surface area contributed by atoms with Crippen LogP contribution in [0.1, 0.15) is 61.3 Å². The van der Waals surface area contributed by atoms with Crippen LogP contribution >= 0.6 is 0 Å². The van der Waals surface area contributed by atoms with Gasteiger partial charge in [-0.25, -0.2) is 4.39 Å². The number of aromatic nitrogens is 2. The fourth-order valence-electron chi connectivity index (χ4n) is 6.80. The molecule has 3 aliphatic carbocycles. The summed E-state index contributed by atoms with van der Waals surface area (Å²) < 4.78 is 13.9. The Bertz CT molecular complexity index is 1260. The second-order valence-electron chi connectivity index (χ2n) is 10.3. The van der Waals surface area contributed by atoms with E-state index in [0.717, 1.165) is 55.1 Å². The number of nitrogens with zero attached hydrogens (tertiary/aromatic N) is 3. The van der Waals surface area contributed by atoms with E-state index in [1.807, 2.05) is 12.3 Å². The fourth-order valence-corrected chi connectivity index (χ4v) is 6.80. The Labute approximate surface area is 192 Å². The van der Waals surface area contributed by atoms with Crippen LogP contribution in [0.3, 0.4) is 0 Å². The lowest BCUT2D eigenvalue weighted by Crippen LogP contribution is -2.26. The average Bonchev–Trinajstić information content (AvgIpc) is 3.40. The highest BCUT2D eigenvalue weighted by Gasteiger charge is 2.58. The van der Waals surface area contributed by atoms with E-state index < -0.39 is 0 Å². The third-order valence-corrected chi connectivity index (χ3v) is 8.61. The summed E-state index contributed by atoms with van der Waals surface area (Å²) in [4.78, 5) is 22.0. The molecule has 0 spiro atoms. The predicted molar refractivity (Wildman–Crippen MR) is 123 cm³/mol. The number of hydrogen-bond acceptors (Lipinski definition) is 4. The minimum Gasteiger partial charge on any atom is -0.299 e. The van der Waals surface area contributed by atoms with Gasteiger partial charge in [0, 0.05) is 35.3 Å². The van der Waals surface area contributed by atoms with Crippen molar-refractivity contribution in [3.05, 3.63) is 71.4 Å². The van der Waals surface area contributed by atoms with Gasteiger partial charge in [0.1, 0.15) is 17.7 Å². The zero-order valence-electron chi connectivity index (χ0n) is 18.5. The monoisotopic (exact) mass is 439 g/mol. The number of benzene rings is 1. The van der Waals surface area contributed by atoms with Crippen molar-refractivity contribution in [1.82, 2.24) is 9.97 Å². The van der Waals surface area contributed by atoms with E-state index in [-0.39, 0.29) is 11.2 Å². The number of Topliss-reactive ketones (excluding diaryl/α,β-unsaturated/α-hetero) is 1. The first-order chi connectivity index (χ1) is 16.1. The number of fused-ring (bicyclic) bond motifs is 2. The Balaban J connectivity index is 1.15. The van der Waals surface area contributed by atoms with E-state index in [4.69, 9.17) is 5.26 Å². The lowest BCUT2D eigenvalue weighted by molar-refractivity contribution is -0.125. The van der Waals surface area contributed by atoms with Gasteiger partial charge in [-0.05, 0) is 104 Å². The van der Waals surface area contributed by atoms with Crippen LogP contribution in [-0.2, 0) is 11.2 Å². The van der Waals surface area contributed by atoms with Gasteiger partial charge < -0.3 is 0 Å². The first-order valence-electron chi connectivity index (χ1n) is 12.0. The summed E-state index contributed by atoms with van der Waals surface area (Å²) in [5.41, 5.74) is 3.23. The minimum absolute atomic E-state index is 0.151. The van der Waals surface area contributed by atoms with Crippen LogP contribution in [0, 0.1) is 40.3 Å². The molecule has 0 N–H and O–H groups in total. The molecule has 33 heavy (non-hydrogen) atoms. The van der Waals surface area contributed by atoms with Gasteiger partial charge in [0.2, 0.25) is 0 Å². The number of pyridine rings is 2. The number of carbonyl (C=O) groups excluding carboxylic acids is 1. The molecule has 0 radical (unpaired) electrons. The summed E-state index contributed by atoms with van der Waals surface area (Å²) in [6, 6.07) is 12.6. The summed E-state index contributed by atoms with van der Waals surface area (Å²) in [5.74, 6) is 2.34. The number of ketones is 1. The van der Waals surface area contributed by atoms with Crippen LogP contribution < -0.4 is 0 Å². The number of nitriles is 1. The van der Waals surface area contributed by atoms with Crippen molar-refractivity contribution in [2.75, 3.05) is 0 Å². The molecule has 2 heterocycles. The van der Waals surface area contributed by atoms with Crippen molar-refractivity contribution in [3.63, 3.8) is 0 Å². The van der Waals surface area contributed by atoms with Crippen molar-refractivity contribution in [1.29, 1.82) is 5.26 Å². The molecule has 1 aromatic carbocycles. The maximum atomic E-state index is 13.9. The van der Waals surface area contributed by atoms with E-state index in [2.05, 4.69) is 22.1 Å². The maximum Gasteiger partial charge on any atom is 0.145 e. The average molecular weight is 440 g/mol. The number of rotatable bonds is 5. The Morgan fingerprint density at radius 3 is 2.52 bits per heavy atom. The summed E-state index contributed by atoms with van der Waals surface area (Å²) in [7, 11) is 0. The molecule has 0 amide bonds. The molecule has 3 fully saturated rings. The Morgan fingerprint density at radius 1 is 1.06 bits per heavy atom. The minimum atomic E-state index is -0.207. The van der Waals surface area contributed by atoms with E-state index in [1.54, 1.807) is 24.4 Å². The molecule has 3 aromatic rings. The Hall–Kier alpha value is -3.13. The summed E-state index contributed by atoms with van der Waals surface area (Å²) >= 11 is 0. The van der Waals surface area contributed by atoms with Crippen LogP contribution in [0.2, 0.25) is 0 Å².